The van der Waals surface area contributed by atoms with E-state index in [0.29, 0.717) is 35.3 Å². The van der Waals surface area contributed by atoms with Crippen LogP contribution in [0.5, 0.6) is 17.2 Å². The van der Waals surface area contributed by atoms with E-state index in [1.54, 1.807) is 24.3 Å². The molecule has 9 nitrogen and oxygen atoms in total. The molecule has 1 N–H and O–H groups in total. The molecule has 188 valence electrons. The van der Waals surface area contributed by atoms with Crippen LogP contribution in [0.3, 0.4) is 0 Å². The van der Waals surface area contributed by atoms with Crippen molar-refractivity contribution in [2.45, 2.75) is 26.9 Å². The van der Waals surface area contributed by atoms with E-state index in [0.717, 1.165) is 16.9 Å². The van der Waals surface area contributed by atoms with Gasteiger partial charge < -0.3 is 14.2 Å². The fourth-order valence-electron chi connectivity index (χ4n) is 3.21. The van der Waals surface area contributed by atoms with Crippen molar-refractivity contribution in [3.8, 4) is 17.2 Å². The van der Waals surface area contributed by atoms with Gasteiger partial charge in [-0.1, -0.05) is 23.7 Å². The molecule has 36 heavy (non-hydrogen) atoms. The van der Waals surface area contributed by atoms with Crippen molar-refractivity contribution in [2.24, 2.45) is 5.10 Å². The molecular weight excluding hydrogens is 486 g/mol. The summed E-state index contributed by atoms with van der Waals surface area (Å²) in [7, 11) is 0. The second kappa shape index (κ2) is 13.1. The predicted octanol–water partition coefficient (Wildman–Crippen LogP) is 5.32. The molecule has 0 aromatic heterocycles. The first-order valence-corrected chi connectivity index (χ1v) is 11.6. The van der Waals surface area contributed by atoms with E-state index in [4.69, 9.17) is 25.8 Å². The first kappa shape index (κ1) is 26.5. The number of nitrogens with one attached hydrogen (secondary N) is 1. The number of halogens is 1. The van der Waals surface area contributed by atoms with Crippen molar-refractivity contribution in [2.75, 3.05) is 13.2 Å². The maximum Gasteiger partial charge on any atom is 0.269 e. The zero-order chi connectivity index (χ0) is 25.9. The highest BCUT2D eigenvalue weighted by molar-refractivity contribution is 6.32. The lowest BCUT2D eigenvalue weighted by atomic mass is 10.1. The van der Waals surface area contributed by atoms with Gasteiger partial charge in [-0.05, 0) is 66.9 Å². The minimum atomic E-state index is -0.461. The van der Waals surface area contributed by atoms with Gasteiger partial charge in [0.1, 0.15) is 12.4 Å². The van der Waals surface area contributed by atoms with E-state index >= 15 is 0 Å². The van der Waals surface area contributed by atoms with Crippen LogP contribution in [0.2, 0.25) is 5.02 Å². The number of ether oxygens (including phenoxy) is 3. The summed E-state index contributed by atoms with van der Waals surface area (Å²) in [6.45, 7) is 4.84. The van der Waals surface area contributed by atoms with Crippen LogP contribution in [-0.2, 0) is 17.8 Å². The maximum atomic E-state index is 12.2. The smallest absolute Gasteiger partial charge is 0.269 e. The van der Waals surface area contributed by atoms with Crippen molar-refractivity contribution in [3.63, 3.8) is 0 Å². The molecule has 0 aliphatic heterocycles. The summed E-state index contributed by atoms with van der Waals surface area (Å²) < 4.78 is 16.9. The number of rotatable bonds is 12. The highest BCUT2D eigenvalue weighted by Gasteiger charge is 2.13. The quantitative estimate of drug-likeness (QED) is 0.200. The van der Waals surface area contributed by atoms with Crippen molar-refractivity contribution in [1.82, 2.24) is 5.43 Å². The van der Waals surface area contributed by atoms with E-state index in [1.807, 2.05) is 38.1 Å². The Kier molecular flexibility index (Phi) is 9.64. The number of nitro groups is 1. The van der Waals surface area contributed by atoms with Crippen molar-refractivity contribution in [3.05, 3.63) is 92.5 Å². The van der Waals surface area contributed by atoms with Crippen molar-refractivity contribution < 1.29 is 23.9 Å². The lowest BCUT2D eigenvalue weighted by Crippen LogP contribution is -2.19. The molecule has 0 heterocycles. The van der Waals surface area contributed by atoms with Crippen LogP contribution in [0.1, 0.15) is 30.5 Å². The Hall–Kier alpha value is -4.11. The number of benzene rings is 3. The molecule has 10 heteroatoms. The molecule has 1 amide bonds. The Bertz CT molecular complexity index is 1210. The van der Waals surface area contributed by atoms with Crippen LogP contribution in [0.15, 0.2) is 65.8 Å². The van der Waals surface area contributed by atoms with E-state index in [9.17, 15) is 14.9 Å². The van der Waals surface area contributed by atoms with Crippen LogP contribution in [0.25, 0.3) is 0 Å². The highest BCUT2D eigenvalue weighted by atomic mass is 35.5. The SMILES string of the molecule is CCOc1ccc(CC(=O)N/N=C\c2cc(Cl)c(OCc3ccc([N+](=O)[O-])cc3)c(OCC)c2)cc1. The van der Waals surface area contributed by atoms with Gasteiger partial charge in [0.15, 0.2) is 11.5 Å². The topological polar surface area (TPSA) is 112 Å². The standard InChI is InChI=1S/C26H26ClN3O6/c1-3-34-22-11-7-18(8-12-22)15-25(31)29-28-16-20-13-23(27)26(24(14-20)35-4-2)36-17-19-5-9-21(10-6-19)30(32)33/h5-14,16H,3-4,15,17H2,1-2H3,(H,29,31)/b28-16-. The summed E-state index contributed by atoms with van der Waals surface area (Å²) in [5, 5.41) is 15.1. The van der Waals surface area contributed by atoms with E-state index < -0.39 is 4.92 Å². The van der Waals surface area contributed by atoms with Crippen molar-refractivity contribution in [1.29, 1.82) is 0 Å². The molecule has 0 fully saturated rings. The second-order valence-corrected chi connectivity index (χ2v) is 7.93. The number of amides is 1. The number of carbonyl (C=O) groups excluding carboxylic acids is 1. The van der Waals surface area contributed by atoms with Crippen LogP contribution in [-0.4, -0.2) is 30.3 Å². The average molecular weight is 512 g/mol. The third-order valence-corrected chi connectivity index (χ3v) is 5.14. The second-order valence-electron chi connectivity index (χ2n) is 7.52. The van der Waals surface area contributed by atoms with Crippen LogP contribution in [0.4, 0.5) is 5.69 Å². The van der Waals surface area contributed by atoms with Gasteiger partial charge in [0, 0.05) is 12.1 Å². The zero-order valence-corrected chi connectivity index (χ0v) is 20.7. The predicted molar refractivity (Wildman–Crippen MR) is 137 cm³/mol. The molecule has 3 rings (SSSR count). The molecular formula is C26H26ClN3O6. The molecule has 0 bridgehead atoms. The number of carbonyl (C=O) groups is 1. The number of hydrogen-bond donors (Lipinski definition) is 1. The summed E-state index contributed by atoms with van der Waals surface area (Å²) in [5.74, 6) is 1.24. The zero-order valence-electron chi connectivity index (χ0n) is 19.9. The Morgan fingerprint density at radius 2 is 1.67 bits per heavy atom. The molecule has 0 aliphatic rings. The average Bonchev–Trinajstić information content (AvgIpc) is 2.85. The summed E-state index contributed by atoms with van der Waals surface area (Å²) in [5.41, 5.74) is 4.68. The summed E-state index contributed by atoms with van der Waals surface area (Å²) in [6, 6.07) is 16.7. The van der Waals surface area contributed by atoms with Gasteiger partial charge in [-0.2, -0.15) is 5.10 Å². The Morgan fingerprint density at radius 3 is 2.31 bits per heavy atom. The lowest BCUT2D eigenvalue weighted by molar-refractivity contribution is -0.384. The van der Waals surface area contributed by atoms with E-state index in [-0.39, 0.29) is 24.6 Å². The molecule has 0 unspecified atom stereocenters. The lowest BCUT2D eigenvalue weighted by Gasteiger charge is -2.14. The maximum absolute atomic E-state index is 12.2. The minimum Gasteiger partial charge on any atom is -0.494 e. The van der Waals surface area contributed by atoms with Crippen LogP contribution in [0, 0.1) is 10.1 Å². The molecule has 3 aromatic rings. The van der Waals surface area contributed by atoms with Crippen LogP contribution < -0.4 is 19.6 Å². The van der Waals surface area contributed by atoms with Gasteiger partial charge in [0.25, 0.3) is 5.69 Å². The number of nitro benzene ring substituents is 1. The number of nitrogens with zero attached hydrogens (tertiary/aromatic N) is 2. The number of non-ortho nitro benzene ring substituents is 1. The van der Waals surface area contributed by atoms with Crippen LogP contribution >= 0.6 is 11.6 Å². The Morgan fingerprint density at radius 1 is 1.00 bits per heavy atom. The fourth-order valence-corrected chi connectivity index (χ4v) is 3.48. The summed E-state index contributed by atoms with van der Waals surface area (Å²) in [6.07, 6.45) is 1.63. The Balaban J connectivity index is 1.62. The molecule has 0 aliphatic carbocycles. The first-order valence-electron chi connectivity index (χ1n) is 11.3. The van der Waals surface area contributed by atoms with Gasteiger partial charge in [0.2, 0.25) is 5.91 Å². The molecule has 0 saturated heterocycles. The molecule has 0 spiro atoms. The fraction of sp³-hybridized carbons (Fsp3) is 0.231. The third kappa shape index (κ3) is 7.71. The number of hydrogen-bond acceptors (Lipinski definition) is 7. The third-order valence-electron chi connectivity index (χ3n) is 4.86. The first-order chi connectivity index (χ1) is 17.4. The van der Waals surface area contributed by atoms with Gasteiger partial charge in [-0.25, -0.2) is 5.43 Å². The molecule has 0 saturated carbocycles. The monoisotopic (exact) mass is 511 g/mol. The Labute approximate surface area is 213 Å². The van der Waals surface area contributed by atoms with Gasteiger partial charge in [0.05, 0.1) is 35.8 Å². The van der Waals surface area contributed by atoms with E-state index in [1.165, 1.54) is 18.3 Å². The van der Waals surface area contributed by atoms with Gasteiger partial charge in [-0.15, -0.1) is 0 Å². The largest absolute Gasteiger partial charge is 0.494 e. The summed E-state index contributed by atoms with van der Waals surface area (Å²) >= 11 is 6.43. The molecule has 3 aromatic carbocycles. The number of hydrazone groups is 1. The normalized spacial score (nSPS) is 10.8. The van der Waals surface area contributed by atoms with Gasteiger partial charge in [-0.3, -0.25) is 14.9 Å². The highest BCUT2D eigenvalue weighted by Crippen LogP contribution is 2.37. The minimum absolute atomic E-state index is 0.00185. The van der Waals surface area contributed by atoms with Crippen molar-refractivity contribution >= 4 is 29.4 Å². The summed E-state index contributed by atoms with van der Waals surface area (Å²) in [4.78, 5) is 22.6. The molecule has 0 atom stereocenters. The van der Waals surface area contributed by atoms with Gasteiger partial charge >= 0.3 is 0 Å². The molecule has 0 radical (unpaired) electrons. The van der Waals surface area contributed by atoms with E-state index in [2.05, 4.69) is 10.5 Å².